The molecule has 0 aliphatic carbocycles. The summed E-state index contributed by atoms with van der Waals surface area (Å²) in [5.41, 5.74) is -0.836. The van der Waals surface area contributed by atoms with Gasteiger partial charge in [-0.25, -0.2) is 13.6 Å². The van der Waals surface area contributed by atoms with Gasteiger partial charge in [-0.1, -0.05) is 0 Å². The third-order valence-corrected chi connectivity index (χ3v) is 2.77. The number of carboxylic acid groups (broad SMARTS) is 1. The SMILES string of the molecule is O=C(O)c1cc(F)c(F)cc1NC(=O)C1CNCCO1. The van der Waals surface area contributed by atoms with Gasteiger partial charge in [0.25, 0.3) is 5.91 Å². The molecule has 1 aromatic carbocycles. The summed E-state index contributed by atoms with van der Waals surface area (Å²) >= 11 is 0. The van der Waals surface area contributed by atoms with Gasteiger partial charge in [0.15, 0.2) is 11.6 Å². The fourth-order valence-electron chi connectivity index (χ4n) is 1.77. The average Bonchev–Trinajstić information content (AvgIpc) is 2.43. The van der Waals surface area contributed by atoms with Crippen LogP contribution in [-0.4, -0.2) is 42.8 Å². The molecule has 1 amide bonds. The summed E-state index contributed by atoms with van der Waals surface area (Å²) in [6.45, 7) is 1.20. The Hall–Kier alpha value is -2.06. The topological polar surface area (TPSA) is 87.7 Å². The van der Waals surface area contributed by atoms with Crippen molar-refractivity contribution in [2.75, 3.05) is 25.0 Å². The van der Waals surface area contributed by atoms with E-state index in [4.69, 9.17) is 9.84 Å². The highest BCUT2D eigenvalue weighted by molar-refractivity contribution is 6.02. The lowest BCUT2D eigenvalue weighted by molar-refractivity contribution is -0.128. The van der Waals surface area contributed by atoms with E-state index >= 15 is 0 Å². The predicted octanol–water partition coefficient (Wildman–Crippen LogP) is 0.590. The van der Waals surface area contributed by atoms with E-state index in [0.29, 0.717) is 25.3 Å². The highest BCUT2D eigenvalue weighted by atomic mass is 19.2. The number of halogens is 2. The Balaban J connectivity index is 2.21. The Bertz CT molecular complexity index is 545. The Morgan fingerprint density at radius 1 is 1.35 bits per heavy atom. The largest absolute Gasteiger partial charge is 0.478 e. The zero-order valence-electron chi connectivity index (χ0n) is 10.3. The lowest BCUT2D eigenvalue weighted by atomic mass is 10.1. The van der Waals surface area contributed by atoms with E-state index in [1.807, 2.05) is 0 Å². The molecular formula is C12H12F2N2O4. The van der Waals surface area contributed by atoms with Crippen molar-refractivity contribution in [2.24, 2.45) is 0 Å². The van der Waals surface area contributed by atoms with Crippen molar-refractivity contribution in [2.45, 2.75) is 6.10 Å². The van der Waals surface area contributed by atoms with Gasteiger partial charge in [0.1, 0.15) is 6.10 Å². The third kappa shape index (κ3) is 3.09. The Morgan fingerprint density at radius 2 is 2.05 bits per heavy atom. The van der Waals surface area contributed by atoms with Gasteiger partial charge >= 0.3 is 5.97 Å². The van der Waals surface area contributed by atoms with E-state index in [2.05, 4.69) is 10.6 Å². The van der Waals surface area contributed by atoms with Gasteiger partial charge in [-0.2, -0.15) is 0 Å². The molecule has 1 atom stereocenters. The second-order valence-corrected chi connectivity index (χ2v) is 4.17. The van der Waals surface area contributed by atoms with E-state index in [0.717, 1.165) is 0 Å². The van der Waals surface area contributed by atoms with Crippen LogP contribution in [0.4, 0.5) is 14.5 Å². The standard InChI is InChI=1S/C12H12F2N2O4/c13-7-3-6(12(18)19)9(4-8(7)14)16-11(17)10-5-15-1-2-20-10/h3-4,10,15H,1-2,5H2,(H,16,17)(H,18,19). The van der Waals surface area contributed by atoms with Crippen molar-refractivity contribution in [1.29, 1.82) is 0 Å². The molecule has 0 saturated carbocycles. The first-order valence-corrected chi connectivity index (χ1v) is 5.84. The van der Waals surface area contributed by atoms with Gasteiger partial charge in [0.2, 0.25) is 0 Å². The molecule has 1 aliphatic heterocycles. The number of morpholine rings is 1. The smallest absolute Gasteiger partial charge is 0.337 e. The summed E-state index contributed by atoms with van der Waals surface area (Å²) in [5.74, 6) is -4.63. The number of nitrogens with one attached hydrogen (secondary N) is 2. The maximum Gasteiger partial charge on any atom is 0.337 e. The van der Waals surface area contributed by atoms with Crippen LogP contribution >= 0.6 is 0 Å². The maximum absolute atomic E-state index is 13.2. The molecule has 3 N–H and O–H groups in total. The van der Waals surface area contributed by atoms with E-state index in [1.54, 1.807) is 0 Å². The number of ether oxygens (including phenoxy) is 1. The highest BCUT2D eigenvalue weighted by Crippen LogP contribution is 2.20. The number of amides is 1. The van der Waals surface area contributed by atoms with Gasteiger partial charge in [-0.15, -0.1) is 0 Å². The predicted molar refractivity (Wildman–Crippen MR) is 64.6 cm³/mol. The van der Waals surface area contributed by atoms with Gasteiger partial charge in [-0.3, -0.25) is 4.79 Å². The molecule has 108 valence electrons. The van der Waals surface area contributed by atoms with Crippen molar-refractivity contribution in [3.63, 3.8) is 0 Å². The lowest BCUT2D eigenvalue weighted by Gasteiger charge is -2.23. The van der Waals surface area contributed by atoms with Gasteiger partial charge in [0, 0.05) is 19.2 Å². The molecule has 8 heteroatoms. The van der Waals surface area contributed by atoms with Crippen LogP contribution in [0.5, 0.6) is 0 Å². The Morgan fingerprint density at radius 3 is 2.65 bits per heavy atom. The van der Waals surface area contributed by atoms with Crippen molar-refractivity contribution in [3.8, 4) is 0 Å². The van der Waals surface area contributed by atoms with Crippen LogP contribution in [0.1, 0.15) is 10.4 Å². The van der Waals surface area contributed by atoms with E-state index in [1.165, 1.54) is 0 Å². The molecule has 0 spiro atoms. The summed E-state index contributed by atoms with van der Waals surface area (Å²) in [7, 11) is 0. The van der Waals surface area contributed by atoms with E-state index < -0.39 is 35.2 Å². The Kier molecular flexibility index (Phi) is 4.26. The van der Waals surface area contributed by atoms with Crippen LogP contribution < -0.4 is 10.6 Å². The zero-order chi connectivity index (χ0) is 14.7. The van der Waals surface area contributed by atoms with Crippen molar-refractivity contribution < 1.29 is 28.2 Å². The third-order valence-electron chi connectivity index (χ3n) is 2.77. The minimum absolute atomic E-state index is 0.262. The van der Waals surface area contributed by atoms with Crippen LogP contribution in [0, 0.1) is 11.6 Å². The molecule has 1 saturated heterocycles. The minimum Gasteiger partial charge on any atom is -0.478 e. The van der Waals surface area contributed by atoms with Crippen molar-refractivity contribution >= 4 is 17.6 Å². The highest BCUT2D eigenvalue weighted by Gasteiger charge is 2.24. The van der Waals surface area contributed by atoms with Crippen LogP contribution in [0.2, 0.25) is 0 Å². The second kappa shape index (κ2) is 5.93. The number of carboxylic acids is 1. The molecule has 20 heavy (non-hydrogen) atoms. The number of rotatable bonds is 3. The monoisotopic (exact) mass is 286 g/mol. The van der Waals surface area contributed by atoms with Crippen molar-refractivity contribution in [1.82, 2.24) is 5.32 Å². The van der Waals surface area contributed by atoms with E-state index in [-0.39, 0.29) is 12.2 Å². The number of aromatic carboxylic acids is 1. The molecule has 1 heterocycles. The van der Waals surface area contributed by atoms with Crippen LogP contribution in [-0.2, 0) is 9.53 Å². The molecular weight excluding hydrogens is 274 g/mol. The fraction of sp³-hybridized carbons (Fsp3) is 0.333. The number of hydrogen-bond acceptors (Lipinski definition) is 4. The number of anilines is 1. The quantitative estimate of drug-likeness (QED) is 0.757. The molecule has 1 unspecified atom stereocenters. The van der Waals surface area contributed by atoms with Gasteiger partial charge < -0.3 is 20.5 Å². The Labute approximate surface area is 112 Å². The minimum atomic E-state index is -1.47. The molecule has 1 aliphatic rings. The number of carbonyl (C=O) groups excluding carboxylic acids is 1. The summed E-state index contributed by atoms with van der Waals surface area (Å²) in [5, 5.41) is 14.1. The molecule has 1 fully saturated rings. The van der Waals surface area contributed by atoms with E-state index in [9.17, 15) is 18.4 Å². The summed E-state index contributed by atoms with van der Waals surface area (Å²) in [6, 6.07) is 1.15. The van der Waals surface area contributed by atoms with Crippen LogP contribution in [0.15, 0.2) is 12.1 Å². The fourth-order valence-corrected chi connectivity index (χ4v) is 1.77. The van der Waals surface area contributed by atoms with Gasteiger partial charge in [-0.05, 0) is 6.07 Å². The number of benzene rings is 1. The lowest BCUT2D eigenvalue weighted by Crippen LogP contribution is -2.45. The molecule has 2 rings (SSSR count). The average molecular weight is 286 g/mol. The summed E-state index contributed by atoms with van der Waals surface area (Å²) in [4.78, 5) is 22.8. The summed E-state index contributed by atoms with van der Waals surface area (Å²) < 4.78 is 31.4. The zero-order valence-corrected chi connectivity index (χ0v) is 10.3. The molecule has 0 aromatic heterocycles. The van der Waals surface area contributed by atoms with Crippen LogP contribution in [0.3, 0.4) is 0 Å². The molecule has 6 nitrogen and oxygen atoms in total. The first kappa shape index (κ1) is 14.4. The first-order valence-electron chi connectivity index (χ1n) is 5.84. The number of carbonyl (C=O) groups is 2. The number of hydrogen-bond donors (Lipinski definition) is 3. The maximum atomic E-state index is 13.2. The summed E-state index contributed by atoms with van der Waals surface area (Å²) in [6.07, 6.45) is -0.807. The van der Waals surface area contributed by atoms with Gasteiger partial charge in [0.05, 0.1) is 17.9 Å². The molecule has 1 aromatic rings. The molecule has 0 radical (unpaired) electrons. The molecule has 0 bridgehead atoms. The van der Waals surface area contributed by atoms with Crippen molar-refractivity contribution in [3.05, 3.63) is 29.3 Å². The second-order valence-electron chi connectivity index (χ2n) is 4.17. The normalized spacial score (nSPS) is 18.6. The first-order chi connectivity index (χ1) is 9.49. The van der Waals surface area contributed by atoms with Crippen LogP contribution in [0.25, 0.3) is 0 Å².